The molecule has 0 aromatic heterocycles. The molecule has 0 fully saturated rings. The number of rotatable bonds is 4. The van der Waals surface area contributed by atoms with Crippen LogP contribution in [0.1, 0.15) is 40.5 Å². The van der Waals surface area contributed by atoms with E-state index in [9.17, 15) is 0 Å². The van der Waals surface area contributed by atoms with Crippen LogP contribution in [-0.2, 0) is 4.74 Å². The lowest BCUT2D eigenvalue weighted by atomic mass is 10.2. The van der Waals surface area contributed by atoms with E-state index < -0.39 is 0 Å². The minimum atomic E-state index is -0.196. The number of hydrogen-bond donors (Lipinski definition) is 1. The second kappa shape index (κ2) is 4.73. The summed E-state index contributed by atoms with van der Waals surface area (Å²) in [6.45, 7) is 8.66. The highest BCUT2D eigenvalue weighted by atomic mass is 16.5. The Balaban J connectivity index is 3.15. The molecular formula is C9H20O2. The quantitative estimate of drug-likeness (QED) is 0.637. The van der Waals surface area contributed by atoms with Gasteiger partial charge < -0.3 is 9.84 Å². The minimum Gasteiger partial charge on any atom is -0.393 e. The summed E-state index contributed by atoms with van der Waals surface area (Å²) in [6.07, 6.45) is 1.57. The van der Waals surface area contributed by atoms with Crippen LogP contribution in [0.25, 0.3) is 0 Å². The molecular weight excluding hydrogens is 140 g/mol. The molecule has 0 aliphatic rings. The van der Waals surface area contributed by atoms with Crippen molar-refractivity contribution in [2.45, 2.75) is 52.2 Å². The van der Waals surface area contributed by atoms with E-state index in [4.69, 9.17) is 9.84 Å². The summed E-state index contributed by atoms with van der Waals surface area (Å²) in [5, 5.41) is 8.93. The Kier molecular flexibility index (Phi) is 4.69. The van der Waals surface area contributed by atoms with Gasteiger partial charge in [0.25, 0.3) is 0 Å². The van der Waals surface area contributed by atoms with Gasteiger partial charge in [-0.3, -0.25) is 0 Å². The zero-order valence-electron chi connectivity index (χ0n) is 8.05. The van der Waals surface area contributed by atoms with Gasteiger partial charge >= 0.3 is 0 Å². The Morgan fingerprint density at radius 3 is 2.27 bits per heavy atom. The second-order valence-corrected chi connectivity index (χ2v) is 3.95. The first-order valence-corrected chi connectivity index (χ1v) is 4.24. The fourth-order valence-corrected chi connectivity index (χ4v) is 0.757. The van der Waals surface area contributed by atoms with Crippen LogP contribution in [0.2, 0.25) is 0 Å². The van der Waals surface area contributed by atoms with Crippen molar-refractivity contribution in [2.75, 3.05) is 6.61 Å². The van der Waals surface area contributed by atoms with Gasteiger partial charge in [0.2, 0.25) is 0 Å². The van der Waals surface area contributed by atoms with Gasteiger partial charge in [-0.15, -0.1) is 0 Å². The molecule has 0 aromatic rings. The Morgan fingerprint density at radius 2 is 1.91 bits per heavy atom. The van der Waals surface area contributed by atoms with Crippen LogP contribution in [0, 0.1) is 0 Å². The third-order valence-electron chi connectivity index (χ3n) is 1.30. The van der Waals surface area contributed by atoms with Gasteiger partial charge in [0.15, 0.2) is 0 Å². The van der Waals surface area contributed by atoms with Crippen LogP contribution in [0.3, 0.4) is 0 Å². The van der Waals surface area contributed by atoms with Crippen molar-refractivity contribution < 1.29 is 9.84 Å². The molecule has 0 radical (unpaired) electrons. The molecule has 0 aromatic carbocycles. The predicted molar refractivity (Wildman–Crippen MR) is 46.6 cm³/mol. The molecule has 0 saturated carbocycles. The van der Waals surface area contributed by atoms with E-state index in [2.05, 4.69) is 0 Å². The SMILES string of the molecule is CC(O)CCCOC(C)(C)C. The fraction of sp³-hybridized carbons (Fsp3) is 1.00. The lowest BCUT2D eigenvalue weighted by molar-refractivity contribution is -0.00802. The van der Waals surface area contributed by atoms with E-state index in [1.165, 1.54) is 0 Å². The van der Waals surface area contributed by atoms with Crippen molar-refractivity contribution in [1.82, 2.24) is 0 Å². The summed E-state index contributed by atoms with van der Waals surface area (Å²) in [7, 11) is 0. The Hall–Kier alpha value is -0.0800. The Labute approximate surface area is 69.6 Å². The zero-order chi connectivity index (χ0) is 8.91. The number of aliphatic hydroxyl groups is 1. The molecule has 1 unspecified atom stereocenters. The molecule has 0 bridgehead atoms. The van der Waals surface area contributed by atoms with Crippen LogP contribution >= 0.6 is 0 Å². The topological polar surface area (TPSA) is 29.5 Å². The van der Waals surface area contributed by atoms with E-state index in [0.717, 1.165) is 19.4 Å². The molecule has 0 rings (SSSR count). The summed E-state index contributed by atoms with van der Waals surface area (Å²) < 4.78 is 5.47. The Morgan fingerprint density at radius 1 is 1.36 bits per heavy atom. The van der Waals surface area contributed by atoms with E-state index >= 15 is 0 Å². The molecule has 0 amide bonds. The van der Waals surface area contributed by atoms with E-state index in [1.54, 1.807) is 6.92 Å². The van der Waals surface area contributed by atoms with Crippen molar-refractivity contribution in [3.8, 4) is 0 Å². The second-order valence-electron chi connectivity index (χ2n) is 3.95. The first-order valence-electron chi connectivity index (χ1n) is 4.24. The summed E-state index contributed by atoms with van der Waals surface area (Å²) in [5.74, 6) is 0. The monoisotopic (exact) mass is 160 g/mol. The molecule has 2 heteroatoms. The summed E-state index contributed by atoms with van der Waals surface area (Å²) >= 11 is 0. The number of hydrogen-bond acceptors (Lipinski definition) is 2. The average Bonchev–Trinajstić information content (AvgIpc) is 1.78. The molecule has 0 aliphatic carbocycles. The van der Waals surface area contributed by atoms with E-state index in [-0.39, 0.29) is 11.7 Å². The largest absolute Gasteiger partial charge is 0.393 e. The lowest BCUT2D eigenvalue weighted by Gasteiger charge is -2.19. The number of ether oxygens (including phenoxy) is 1. The third kappa shape index (κ3) is 9.92. The van der Waals surface area contributed by atoms with Crippen LogP contribution in [0.5, 0.6) is 0 Å². The smallest absolute Gasteiger partial charge is 0.0598 e. The highest BCUT2D eigenvalue weighted by Gasteiger charge is 2.08. The highest BCUT2D eigenvalue weighted by Crippen LogP contribution is 2.08. The molecule has 0 heterocycles. The van der Waals surface area contributed by atoms with Crippen molar-refractivity contribution in [3.05, 3.63) is 0 Å². The van der Waals surface area contributed by atoms with Gasteiger partial charge in [-0.25, -0.2) is 0 Å². The van der Waals surface area contributed by atoms with Gasteiger partial charge in [0.05, 0.1) is 11.7 Å². The first kappa shape index (κ1) is 10.9. The molecule has 0 spiro atoms. The van der Waals surface area contributed by atoms with Gasteiger partial charge in [0.1, 0.15) is 0 Å². The van der Waals surface area contributed by atoms with Crippen LogP contribution in [0.4, 0.5) is 0 Å². The van der Waals surface area contributed by atoms with Crippen LogP contribution in [0.15, 0.2) is 0 Å². The standard InChI is InChI=1S/C9H20O2/c1-8(10)6-5-7-11-9(2,3)4/h8,10H,5-7H2,1-4H3. The zero-order valence-corrected chi connectivity index (χ0v) is 8.05. The maximum atomic E-state index is 8.93. The van der Waals surface area contributed by atoms with Gasteiger partial charge in [0, 0.05) is 6.61 Å². The minimum absolute atomic E-state index is 0.0430. The normalized spacial score (nSPS) is 15.0. The fourth-order valence-electron chi connectivity index (χ4n) is 0.757. The van der Waals surface area contributed by atoms with Crippen LogP contribution < -0.4 is 0 Å². The average molecular weight is 160 g/mol. The summed E-state index contributed by atoms with van der Waals surface area (Å²) in [4.78, 5) is 0. The van der Waals surface area contributed by atoms with E-state index in [0.29, 0.717) is 0 Å². The van der Waals surface area contributed by atoms with Gasteiger partial charge in [-0.2, -0.15) is 0 Å². The first-order chi connectivity index (χ1) is 4.92. The van der Waals surface area contributed by atoms with Gasteiger partial charge in [-0.05, 0) is 40.5 Å². The Bertz CT molecular complexity index is 92.2. The molecule has 0 saturated heterocycles. The molecule has 2 nitrogen and oxygen atoms in total. The van der Waals surface area contributed by atoms with Gasteiger partial charge in [-0.1, -0.05) is 0 Å². The highest BCUT2D eigenvalue weighted by molar-refractivity contribution is 4.58. The predicted octanol–water partition coefficient (Wildman–Crippen LogP) is 1.96. The molecule has 68 valence electrons. The maximum absolute atomic E-state index is 8.93. The lowest BCUT2D eigenvalue weighted by Crippen LogP contribution is -2.20. The molecule has 1 N–H and O–H groups in total. The number of aliphatic hydroxyl groups excluding tert-OH is 1. The van der Waals surface area contributed by atoms with Crippen molar-refractivity contribution in [1.29, 1.82) is 0 Å². The van der Waals surface area contributed by atoms with E-state index in [1.807, 2.05) is 20.8 Å². The summed E-state index contributed by atoms with van der Waals surface area (Å²) in [6, 6.07) is 0. The third-order valence-corrected chi connectivity index (χ3v) is 1.30. The maximum Gasteiger partial charge on any atom is 0.0598 e. The molecule has 0 aliphatic heterocycles. The van der Waals surface area contributed by atoms with Crippen molar-refractivity contribution in [3.63, 3.8) is 0 Å². The molecule has 11 heavy (non-hydrogen) atoms. The van der Waals surface area contributed by atoms with Crippen LogP contribution in [-0.4, -0.2) is 23.4 Å². The summed E-state index contributed by atoms with van der Waals surface area (Å²) in [5.41, 5.74) is -0.0430. The van der Waals surface area contributed by atoms with Crippen molar-refractivity contribution in [2.24, 2.45) is 0 Å². The van der Waals surface area contributed by atoms with Crippen molar-refractivity contribution >= 4 is 0 Å². The molecule has 1 atom stereocenters.